The molecule has 0 aliphatic carbocycles. The van der Waals surface area contributed by atoms with E-state index in [9.17, 15) is 9.59 Å². The first-order valence-electron chi connectivity index (χ1n) is 10.8. The summed E-state index contributed by atoms with van der Waals surface area (Å²) in [5.41, 5.74) is 3.23. The molecule has 1 aliphatic rings. The number of carbonyl (C=O) groups excluding carboxylic acids is 1. The highest BCUT2D eigenvalue weighted by Gasteiger charge is 2.17. The van der Waals surface area contributed by atoms with Crippen molar-refractivity contribution in [1.29, 1.82) is 0 Å². The highest BCUT2D eigenvalue weighted by Crippen LogP contribution is 2.29. The van der Waals surface area contributed by atoms with E-state index >= 15 is 0 Å². The molecular weight excluding hydrogens is 402 g/mol. The van der Waals surface area contributed by atoms with Gasteiger partial charge in [0, 0.05) is 30.8 Å². The summed E-state index contributed by atoms with van der Waals surface area (Å²) in [5.74, 6) is 0.713. The fourth-order valence-corrected chi connectivity index (χ4v) is 3.98. The SMILES string of the molecule is O=C(Nc1ccccc1-c1cn2c(n1)CCCC2)c1ccc(=O)n(Cc2ccccc2)n1. The first-order chi connectivity index (χ1) is 15.7. The first kappa shape index (κ1) is 19.9. The van der Waals surface area contributed by atoms with Crippen LogP contribution < -0.4 is 10.9 Å². The average molecular weight is 425 g/mol. The molecule has 32 heavy (non-hydrogen) atoms. The number of aryl methyl sites for hydroxylation is 2. The lowest BCUT2D eigenvalue weighted by atomic mass is 10.1. The molecule has 7 nitrogen and oxygen atoms in total. The van der Waals surface area contributed by atoms with Crippen LogP contribution in [0.1, 0.15) is 34.7 Å². The van der Waals surface area contributed by atoms with E-state index in [0.717, 1.165) is 48.5 Å². The number of amides is 1. The van der Waals surface area contributed by atoms with Gasteiger partial charge in [0.25, 0.3) is 11.5 Å². The van der Waals surface area contributed by atoms with Crippen molar-refractivity contribution in [3.8, 4) is 11.3 Å². The van der Waals surface area contributed by atoms with Gasteiger partial charge in [-0.2, -0.15) is 5.10 Å². The van der Waals surface area contributed by atoms with Gasteiger partial charge in [0.2, 0.25) is 0 Å². The van der Waals surface area contributed by atoms with E-state index in [1.54, 1.807) is 0 Å². The molecule has 0 radical (unpaired) electrons. The Bertz CT molecular complexity index is 1300. The van der Waals surface area contributed by atoms with Crippen molar-refractivity contribution < 1.29 is 4.79 Å². The van der Waals surface area contributed by atoms with E-state index in [-0.39, 0.29) is 17.2 Å². The molecule has 0 saturated carbocycles. The largest absolute Gasteiger partial charge is 0.334 e. The molecule has 0 fully saturated rings. The zero-order valence-corrected chi connectivity index (χ0v) is 17.6. The standard InChI is InChI=1S/C25H23N5O2/c31-24-14-13-21(28-30(24)16-18-8-2-1-3-9-18)25(32)27-20-11-5-4-10-19(20)22-17-29-15-7-6-12-23(29)26-22/h1-5,8-11,13-14,17H,6-7,12,15-16H2,(H,27,32). The molecule has 5 rings (SSSR count). The van der Waals surface area contributed by atoms with Crippen LogP contribution in [0.15, 0.2) is 77.7 Å². The third kappa shape index (κ3) is 4.09. The van der Waals surface area contributed by atoms with Crippen LogP contribution in [-0.2, 0) is 19.5 Å². The summed E-state index contributed by atoms with van der Waals surface area (Å²) in [5, 5.41) is 7.24. The minimum atomic E-state index is -0.372. The molecule has 0 spiro atoms. The van der Waals surface area contributed by atoms with Crippen molar-refractivity contribution in [2.75, 3.05) is 5.32 Å². The Balaban J connectivity index is 1.41. The van der Waals surface area contributed by atoms with Gasteiger partial charge >= 0.3 is 0 Å². The summed E-state index contributed by atoms with van der Waals surface area (Å²) in [6, 6.07) is 20.0. The Morgan fingerprint density at radius 2 is 1.78 bits per heavy atom. The number of anilines is 1. The molecule has 0 saturated heterocycles. The molecule has 2 aromatic carbocycles. The second-order valence-corrected chi connectivity index (χ2v) is 7.89. The zero-order valence-electron chi connectivity index (χ0n) is 17.6. The molecule has 0 atom stereocenters. The van der Waals surface area contributed by atoms with E-state index in [4.69, 9.17) is 4.98 Å². The molecule has 2 aromatic heterocycles. The number of nitrogens with one attached hydrogen (secondary N) is 1. The number of aromatic nitrogens is 4. The summed E-state index contributed by atoms with van der Waals surface area (Å²) in [6.45, 7) is 1.28. The van der Waals surface area contributed by atoms with Crippen molar-refractivity contribution in [2.45, 2.75) is 32.4 Å². The van der Waals surface area contributed by atoms with Crippen LogP contribution in [0.5, 0.6) is 0 Å². The van der Waals surface area contributed by atoms with E-state index < -0.39 is 0 Å². The molecule has 7 heteroatoms. The summed E-state index contributed by atoms with van der Waals surface area (Å²) in [6.07, 6.45) is 5.34. The lowest BCUT2D eigenvalue weighted by Crippen LogP contribution is -2.26. The van der Waals surface area contributed by atoms with E-state index in [0.29, 0.717) is 12.2 Å². The first-order valence-corrected chi connectivity index (χ1v) is 10.8. The predicted octanol–water partition coefficient (Wildman–Crippen LogP) is 3.74. The van der Waals surface area contributed by atoms with Gasteiger partial charge in [-0.15, -0.1) is 0 Å². The lowest BCUT2D eigenvalue weighted by molar-refractivity contribution is 0.102. The number of fused-ring (bicyclic) bond motifs is 1. The number of para-hydroxylation sites is 1. The van der Waals surface area contributed by atoms with Gasteiger partial charge in [0.1, 0.15) is 11.5 Å². The number of benzene rings is 2. The van der Waals surface area contributed by atoms with E-state index in [2.05, 4.69) is 21.2 Å². The maximum absolute atomic E-state index is 13.0. The molecule has 0 bridgehead atoms. The van der Waals surface area contributed by atoms with Crippen LogP contribution in [0.3, 0.4) is 0 Å². The predicted molar refractivity (Wildman–Crippen MR) is 123 cm³/mol. The van der Waals surface area contributed by atoms with Crippen LogP contribution >= 0.6 is 0 Å². The maximum Gasteiger partial charge on any atom is 0.276 e. The normalized spacial score (nSPS) is 12.9. The Hall–Kier alpha value is -4.00. The van der Waals surface area contributed by atoms with Crippen LogP contribution in [0.2, 0.25) is 0 Å². The van der Waals surface area contributed by atoms with Crippen LogP contribution in [0, 0.1) is 0 Å². The molecule has 3 heterocycles. The maximum atomic E-state index is 13.0. The molecule has 1 N–H and O–H groups in total. The molecule has 160 valence electrons. The van der Waals surface area contributed by atoms with Gasteiger partial charge in [-0.3, -0.25) is 9.59 Å². The Labute approximate surface area is 185 Å². The number of imidazole rings is 1. The quantitative estimate of drug-likeness (QED) is 0.528. The monoisotopic (exact) mass is 425 g/mol. The molecule has 4 aromatic rings. The average Bonchev–Trinajstić information content (AvgIpc) is 3.25. The Morgan fingerprint density at radius 3 is 2.62 bits per heavy atom. The van der Waals surface area contributed by atoms with Crippen molar-refractivity contribution >= 4 is 11.6 Å². The van der Waals surface area contributed by atoms with Gasteiger partial charge in [-0.05, 0) is 30.5 Å². The second kappa shape index (κ2) is 8.63. The zero-order chi connectivity index (χ0) is 21.9. The Kier molecular flexibility index (Phi) is 5.37. The molecular formula is C25H23N5O2. The van der Waals surface area contributed by atoms with Crippen molar-refractivity contribution in [1.82, 2.24) is 19.3 Å². The molecule has 1 aliphatic heterocycles. The highest BCUT2D eigenvalue weighted by molar-refractivity contribution is 6.04. The minimum Gasteiger partial charge on any atom is -0.334 e. The summed E-state index contributed by atoms with van der Waals surface area (Å²) in [4.78, 5) is 30.0. The van der Waals surface area contributed by atoms with Crippen molar-refractivity contribution in [3.05, 3.63) is 100 Å². The number of hydrogen-bond acceptors (Lipinski definition) is 4. The summed E-state index contributed by atoms with van der Waals surface area (Å²) < 4.78 is 3.50. The fourth-order valence-electron chi connectivity index (χ4n) is 3.98. The smallest absolute Gasteiger partial charge is 0.276 e. The highest BCUT2D eigenvalue weighted by atomic mass is 16.2. The third-order valence-electron chi connectivity index (χ3n) is 5.63. The summed E-state index contributed by atoms with van der Waals surface area (Å²) in [7, 11) is 0. The van der Waals surface area contributed by atoms with Gasteiger partial charge in [0.15, 0.2) is 0 Å². The van der Waals surface area contributed by atoms with Gasteiger partial charge < -0.3 is 9.88 Å². The number of carbonyl (C=O) groups is 1. The lowest BCUT2D eigenvalue weighted by Gasteiger charge is -2.11. The fraction of sp³-hybridized carbons (Fsp3) is 0.200. The number of hydrogen-bond donors (Lipinski definition) is 1. The third-order valence-corrected chi connectivity index (χ3v) is 5.63. The number of nitrogens with zero attached hydrogens (tertiary/aromatic N) is 4. The van der Waals surface area contributed by atoms with Crippen LogP contribution in [0.4, 0.5) is 5.69 Å². The van der Waals surface area contributed by atoms with Gasteiger partial charge in [-0.25, -0.2) is 9.67 Å². The van der Waals surface area contributed by atoms with Crippen LogP contribution in [0.25, 0.3) is 11.3 Å². The van der Waals surface area contributed by atoms with Gasteiger partial charge in [-0.1, -0.05) is 48.5 Å². The number of rotatable bonds is 5. The summed E-state index contributed by atoms with van der Waals surface area (Å²) >= 11 is 0. The van der Waals surface area contributed by atoms with Crippen molar-refractivity contribution in [3.63, 3.8) is 0 Å². The van der Waals surface area contributed by atoms with Gasteiger partial charge in [0.05, 0.1) is 17.9 Å². The van der Waals surface area contributed by atoms with Crippen molar-refractivity contribution in [2.24, 2.45) is 0 Å². The minimum absolute atomic E-state index is 0.180. The molecule has 1 amide bonds. The topological polar surface area (TPSA) is 81.8 Å². The van der Waals surface area contributed by atoms with E-state index in [1.807, 2.05) is 54.6 Å². The second-order valence-electron chi connectivity index (χ2n) is 7.89. The van der Waals surface area contributed by atoms with Crippen LogP contribution in [-0.4, -0.2) is 25.2 Å². The Morgan fingerprint density at radius 1 is 0.969 bits per heavy atom. The molecule has 0 unspecified atom stereocenters. The van der Waals surface area contributed by atoms with E-state index in [1.165, 1.54) is 16.8 Å².